The predicted octanol–water partition coefficient (Wildman–Crippen LogP) is 3.42. The maximum atomic E-state index is 5.73. The summed E-state index contributed by atoms with van der Waals surface area (Å²) in [5.41, 5.74) is 2.43. The number of rotatable bonds is 7. The SMILES string of the molecule is COc1cnccc1-c1cnc2ccc(NCCCOC(C)(C)C)nn12. The van der Waals surface area contributed by atoms with Crippen LogP contribution < -0.4 is 10.1 Å². The minimum Gasteiger partial charge on any atom is -0.494 e. The molecule has 0 bridgehead atoms. The lowest BCUT2D eigenvalue weighted by Crippen LogP contribution is -2.21. The monoisotopic (exact) mass is 355 g/mol. The fourth-order valence-electron chi connectivity index (χ4n) is 2.57. The van der Waals surface area contributed by atoms with Crippen LogP contribution >= 0.6 is 0 Å². The van der Waals surface area contributed by atoms with Crippen molar-refractivity contribution < 1.29 is 9.47 Å². The Bertz CT molecular complexity index is 870. The molecule has 138 valence electrons. The van der Waals surface area contributed by atoms with E-state index in [9.17, 15) is 0 Å². The molecule has 3 aromatic rings. The summed E-state index contributed by atoms with van der Waals surface area (Å²) in [7, 11) is 1.63. The predicted molar refractivity (Wildman–Crippen MR) is 102 cm³/mol. The lowest BCUT2D eigenvalue weighted by atomic mass is 10.2. The van der Waals surface area contributed by atoms with Crippen LogP contribution in [0.4, 0.5) is 5.82 Å². The molecule has 0 aliphatic rings. The van der Waals surface area contributed by atoms with Crippen LogP contribution in [-0.2, 0) is 4.74 Å². The van der Waals surface area contributed by atoms with Gasteiger partial charge in [-0.1, -0.05) is 0 Å². The van der Waals surface area contributed by atoms with Gasteiger partial charge in [-0.15, -0.1) is 5.10 Å². The van der Waals surface area contributed by atoms with Crippen molar-refractivity contribution in [3.63, 3.8) is 0 Å². The minimum atomic E-state index is -0.105. The Hall–Kier alpha value is -2.67. The van der Waals surface area contributed by atoms with Crippen molar-refractivity contribution in [2.24, 2.45) is 0 Å². The molecule has 0 radical (unpaired) electrons. The maximum absolute atomic E-state index is 5.73. The van der Waals surface area contributed by atoms with Crippen molar-refractivity contribution in [3.05, 3.63) is 36.8 Å². The molecule has 7 heteroatoms. The molecule has 3 heterocycles. The lowest BCUT2D eigenvalue weighted by molar-refractivity contribution is -0.00280. The summed E-state index contributed by atoms with van der Waals surface area (Å²) in [4.78, 5) is 8.52. The number of hydrogen-bond acceptors (Lipinski definition) is 6. The van der Waals surface area contributed by atoms with E-state index in [-0.39, 0.29) is 5.60 Å². The Balaban J connectivity index is 1.74. The van der Waals surface area contributed by atoms with Gasteiger partial charge in [0.05, 0.1) is 30.8 Å². The maximum Gasteiger partial charge on any atom is 0.154 e. The molecule has 3 rings (SSSR count). The number of fused-ring (bicyclic) bond motifs is 1. The van der Waals surface area contributed by atoms with Crippen LogP contribution in [-0.4, -0.2) is 45.4 Å². The molecule has 0 aromatic carbocycles. The Kier molecular flexibility index (Phi) is 5.37. The minimum absolute atomic E-state index is 0.105. The highest BCUT2D eigenvalue weighted by Gasteiger charge is 2.13. The third kappa shape index (κ3) is 4.29. The van der Waals surface area contributed by atoms with Crippen molar-refractivity contribution in [2.75, 3.05) is 25.6 Å². The van der Waals surface area contributed by atoms with Crippen LogP contribution in [0, 0.1) is 0 Å². The highest BCUT2D eigenvalue weighted by Crippen LogP contribution is 2.29. The number of ether oxygens (including phenoxy) is 2. The van der Waals surface area contributed by atoms with E-state index in [0.29, 0.717) is 12.4 Å². The molecular formula is C19H25N5O2. The van der Waals surface area contributed by atoms with Crippen molar-refractivity contribution >= 4 is 11.5 Å². The first-order chi connectivity index (χ1) is 12.5. The average molecular weight is 355 g/mol. The van der Waals surface area contributed by atoms with E-state index in [1.165, 1.54) is 0 Å². The summed E-state index contributed by atoms with van der Waals surface area (Å²) < 4.78 is 13.0. The summed E-state index contributed by atoms with van der Waals surface area (Å²) in [5, 5.41) is 8.00. The highest BCUT2D eigenvalue weighted by molar-refractivity contribution is 5.69. The van der Waals surface area contributed by atoms with E-state index in [4.69, 9.17) is 9.47 Å². The van der Waals surface area contributed by atoms with Gasteiger partial charge < -0.3 is 14.8 Å². The van der Waals surface area contributed by atoms with Crippen LogP contribution in [0.2, 0.25) is 0 Å². The lowest BCUT2D eigenvalue weighted by Gasteiger charge is -2.19. The third-order valence-corrected chi connectivity index (χ3v) is 3.80. The van der Waals surface area contributed by atoms with Crippen molar-refractivity contribution in [1.29, 1.82) is 0 Å². The molecule has 0 saturated heterocycles. The molecular weight excluding hydrogens is 330 g/mol. The molecule has 0 unspecified atom stereocenters. The Morgan fingerprint density at radius 3 is 2.77 bits per heavy atom. The normalized spacial score (nSPS) is 11.7. The first kappa shape index (κ1) is 18.1. The molecule has 0 fully saturated rings. The van der Waals surface area contributed by atoms with E-state index in [0.717, 1.165) is 35.7 Å². The Labute approximate surface area is 153 Å². The Morgan fingerprint density at radius 1 is 1.15 bits per heavy atom. The molecule has 0 aliphatic carbocycles. The number of anilines is 1. The van der Waals surface area contributed by atoms with Crippen LogP contribution in [0.15, 0.2) is 36.8 Å². The molecule has 1 N–H and O–H groups in total. The quantitative estimate of drug-likeness (QED) is 0.655. The van der Waals surface area contributed by atoms with Gasteiger partial charge in [0.1, 0.15) is 11.6 Å². The summed E-state index contributed by atoms with van der Waals surface area (Å²) in [6.07, 6.45) is 6.12. The van der Waals surface area contributed by atoms with Gasteiger partial charge >= 0.3 is 0 Å². The zero-order valence-electron chi connectivity index (χ0n) is 15.7. The van der Waals surface area contributed by atoms with Crippen LogP contribution in [0.5, 0.6) is 5.75 Å². The van der Waals surface area contributed by atoms with Gasteiger partial charge in [0.2, 0.25) is 0 Å². The van der Waals surface area contributed by atoms with Crippen LogP contribution in [0.3, 0.4) is 0 Å². The van der Waals surface area contributed by atoms with Crippen molar-refractivity contribution in [3.8, 4) is 17.0 Å². The Morgan fingerprint density at radius 2 is 2.00 bits per heavy atom. The number of pyridine rings is 1. The van der Waals surface area contributed by atoms with Crippen LogP contribution in [0.25, 0.3) is 16.9 Å². The number of nitrogens with zero attached hydrogens (tertiary/aromatic N) is 4. The average Bonchev–Trinajstić information content (AvgIpc) is 3.03. The van der Waals surface area contributed by atoms with Crippen molar-refractivity contribution in [2.45, 2.75) is 32.8 Å². The molecule has 3 aromatic heterocycles. The second kappa shape index (κ2) is 7.70. The van der Waals surface area contributed by atoms with Gasteiger partial charge in [-0.05, 0) is 45.4 Å². The van der Waals surface area contributed by atoms with Gasteiger partial charge in [-0.2, -0.15) is 0 Å². The van der Waals surface area contributed by atoms with E-state index >= 15 is 0 Å². The van der Waals surface area contributed by atoms with Gasteiger partial charge in [0.25, 0.3) is 0 Å². The molecule has 0 aliphatic heterocycles. The van der Waals surface area contributed by atoms with Gasteiger partial charge in [0, 0.05) is 24.9 Å². The molecule has 0 saturated carbocycles. The highest BCUT2D eigenvalue weighted by atomic mass is 16.5. The van der Waals surface area contributed by atoms with Crippen molar-refractivity contribution in [1.82, 2.24) is 19.6 Å². The fourth-order valence-corrected chi connectivity index (χ4v) is 2.57. The molecule has 0 atom stereocenters. The summed E-state index contributed by atoms with van der Waals surface area (Å²) >= 11 is 0. The number of imidazole rings is 1. The number of aromatic nitrogens is 4. The van der Waals surface area contributed by atoms with Crippen LogP contribution in [0.1, 0.15) is 27.2 Å². The number of nitrogens with one attached hydrogen (secondary N) is 1. The van der Waals surface area contributed by atoms with E-state index < -0.39 is 0 Å². The molecule has 0 spiro atoms. The number of hydrogen-bond donors (Lipinski definition) is 1. The first-order valence-corrected chi connectivity index (χ1v) is 8.69. The first-order valence-electron chi connectivity index (χ1n) is 8.69. The molecule has 26 heavy (non-hydrogen) atoms. The second-order valence-corrected chi connectivity index (χ2v) is 6.95. The van der Waals surface area contributed by atoms with Gasteiger partial charge in [-0.25, -0.2) is 9.50 Å². The topological polar surface area (TPSA) is 73.6 Å². The standard InChI is InChI=1S/C19H25N5O2/c1-19(2,3)26-11-5-9-21-17-6-7-18-22-12-15(24(18)23-17)14-8-10-20-13-16(14)25-4/h6-8,10,12-13H,5,9,11H2,1-4H3,(H,21,23). The zero-order chi connectivity index (χ0) is 18.6. The molecule has 7 nitrogen and oxygen atoms in total. The summed E-state index contributed by atoms with van der Waals surface area (Å²) in [6.45, 7) is 7.68. The summed E-state index contributed by atoms with van der Waals surface area (Å²) in [6, 6.07) is 5.77. The van der Waals surface area contributed by atoms with E-state index in [2.05, 4.69) is 41.2 Å². The van der Waals surface area contributed by atoms with E-state index in [1.807, 2.05) is 22.7 Å². The largest absolute Gasteiger partial charge is 0.494 e. The summed E-state index contributed by atoms with van der Waals surface area (Å²) in [5.74, 6) is 1.48. The third-order valence-electron chi connectivity index (χ3n) is 3.80. The zero-order valence-corrected chi connectivity index (χ0v) is 15.7. The molecule has 0 amide bonds. The van der Waals surface area contributed by atoms with Gasteiger partial charge in [0.15, 0.2) is 5.65 Å². The van der Waals surface area contributed by atoms with Gasteiger partial charge in [-0.3, -0.25) is 4.98 Å². The number of methoxy groups -OCH3 is 1. The van der Waals surface area contributed by atoms with E-state index in [1.54, 1.807) is 25.7 Å². The second-order valence-electron chi connectivity index (χ2n) is 6.95. The fraction of sp³-hybridized carbons (Fsp3) is 0.421. The smallest absolute Gasteiger partial charge is 0.154 e.